The number of halogens is 1. The molecule has 3 rings (SSSR count). The molecule has 1 aromatic rings. The van der Waals surface area contributed by atoms with Crippen LogP contribution in [0.3, 0.4) is 0 Å². The van der Waals surface area contributed by atoms with Crippen molar-refractivity contribution in [2.45, 2.75) is 37.7 Å². The zero-order valence-electron chi connectivity index (χ0n) is 10.6. The van der Waals surface area contributed by atoms with E-state index in [1.54, 1.807) is 0 Å². The molecule has 1 aliphatic heterocycles. The lowest BCUT2D eigenvalue weighted by Gasteiger charge is -2.22. The Kier molecular flexibility index (Phi) is 3.39. The zero-order valence-corrected chi connectivity index (χ0v) is 11.4. The van der Waals surface area contributed by atoms with Crippen LogP contribution in [0.15, 0.2) is 6.07 Å². The standard InChI is InChI=1S/C13H18ClN3O/c1-17(8-10-3-2-6-18-10)12-7-11(14)15-13(16-12)9-4-5-9/h7,9-10H,2-6,8H2,1H3. The van der Waals surface area contributed by atoms with E-state index < -0.39 is 0 Å². The molecule has 1 atom stereocenters. The molecule has 98 valence electrons. The van der Waals surface area contributed by atoms with Gasteiger partial charge in [0.2, 0.25) is 0 Å². The number of hydrogen-bond acceptors (Lipinski definition) is 4. The molecular formula is C13H18ClN3O. The van der Waals surface area contributed by atoms with Crippen LogP contribution in [0.4, 0.5) is 5.82 Å². The summed E-state index contributed by atoms with van der Waals surface area (Å²) in [5, 5.41) is 0.543. The summed E-state index contributed by atoms with van der Waals surface area (Å²) < 4.78 is 5.65. The highest BCUT2D eigenvalue weighted by Gasteiger charge is 2.28. The fourth-order valence-corrected chi connectivity index (χ4v) is 2.51. The summed E-state index contributed by atoms with van der Waals surface area (Å²) in [6.07, 6.45) is 5.01. The topological polar surface area (TPSA) is 38.2 Å². The predicted octanol–water partition coefficient (Wildman–Crippen LogP) is 2.62. The fraction of sp³-hybridized carbons (Fsp3) is 0.692. The van der Waals surface area contributed by atoms with Gasteiger partial charge in [-0.15, -0.1) is 0 Å². The van der Waals surface area contributed by atoms with Gasteiger partial charge in [0.1, 0.15) is 16.8 Å². The van der Waals surface area contributed by atoms with Gasteiger partial charge in [-0.25, -0.2) is 9.97 Å². The van der Waals surface area contributed by atoms with E-state index in [4.69, 9.17) is 16.3 Å². The smallest absolute Gasteiger partial charge is 0.135 e. The molecular weight excluding hydrogens is 250 g/mol. The molecule has 0 radical (unpaired) electrons. The summed E-state index contributed by atoms with van der Waals surface area (Å²) in [6, 6.07) is 1.84. The van der Waals surface area contributed by atoms with Crippen LogP contribution in [0.2, 0.25) is 5.15 Å². The molecule has 1 unspecified atom stereocenters. The van der Waals surface area contributed by atoms with E-state index in [1.807, 2.05) is 13.1 Å². The number of ether oxygens (including phenoxy) is 1. The summed E-state index contributed by atoms with van der Waals surface area (Å²) in [6.45, 7) is 1.76. The van der Waals surface area contributed by atoms with Gasteiger partial charge < -0.3 is 9.64 Å². The SMILES string of the molecule is CN(CC1CCCO1)c1cc(Cl)nc(C2CC2)n1. The van der Waals surface area contributed by atoms with Gasteiger partial charge in [0, 0.05) is 32.2 Å². The van der Waals surface area contributed by atoms with Crippen molar-refractivity contribution in [2.24, 2.45) is 0 Å². The van der Waals surface area contributed by atoms with Crippen molar-refractivity contribution in [1.29, 1.82) is 0 Å². The Morgan fingerprint density at radius 1 is 1.39 bits per heavy atom. The first kappa shape index (κ1) is 12.2. The quantitative estimate of drug-likeness (QED) is 0.786. The zero-order chi connectivity index (χ0) is 12.5. The maximum absolute atomic E-state index is 6.07. The third kappa shape index (κ3) is 2.75. The van der Waals surface area contributed by atoms with E-state index in [-0.39, 0.29) is 0 Å². The third-order valence-corrected chi connectivity index (χ3v) is 3.73. The van der Waals surface area contributed by atoms with Gasteiger partial charge in [0.25, 0.3) is 0 Å². The molecule has 2 heterocycles. The van der Waals surface area contributed by atoms with Crippen molar-refractivity contribution in [2.75, 3.05) is 25.1 Å². The number of rotatable bonds is 4. The Labute approximate surface area is 112 Å². The van der Waals surface area contributed by atoms with Crippen molar-refractivity contribution in [3.63, 3.8) is 0 Å². The molecule has 0 aromatic carbocycles. The summed E-state index contributed by atoms with van der Waals surface area (Å²) in [7, 11) is 2.04. The first-order valence-corrected chi connectivity index (χ1v) is 6.97. The normalized spacial score (nSPS) is 23.3. The Morgan fingerprint density at radius 2 is 2.22 bits per heavy atom. The van der Waals surface area contributed by atoms with Gasteiger partial charge in [-0.2, -0.15) is 0 Å². The van der Waals surface area contributed by atoms with Crippen LogP contribution in [0, 0.1) is 0 Å². The molecule has 2 fully saturated rings. The molecule has 1 saturated heterocycles. The van der Waals surface area contributed by atoms with Crippen molar-refractivity contribution in [3.8, 4) is 0 Å². The second kappa shape index (κ2) is 5.02. The molecule has 4 nitrogen and oxygen atoms in total. The predicted molar refractivity (Wildman–Crippen MR) is 71.3 cm³/mol. The van der Waals surface area contributed by atoms with E-state index in [0.29, 0.717) is 17.2 Å². The minimum atomic E-state index is 0.327. The second-order valence-corrected chi connectivity index (χ2v) is 5.58. The maximum Gasteiger partial charge on any atom is 0.135 e. The van der Waals surface area contributed by atoms with Gasteiger partial charge in [-0.05, 0) is 25.7 Å². The average molecular weight is 268 g/mol. The van der Waals surface area contributed by atoms with Gasteiger partial charge in [-0.1, -0.05) is 11.6 Å². The van der Waals surface area contributed by atoms with Crippen LogP contribution >= 0.6 is 11.6 Å². The summed E-state index contributed by atoms with van der Waals surface area (Å²) >= 11 is 6.07. The average Bonchev–Trinajstić information content (AvgIpc) is 3.08. The Bertz CT molecular complexity index is 430. The van der Waals surface area contributed by atoms with Gasteiger partial charge in [0.05, 0.1) is 6.10 Å². The molecule has 2 aliphatic rings. The highest BCUT2D eigenvalue weighted by Crippen LogP contribution is 2.39. The van der Waals surface area contributed by atoms with Crippen LogP contribution in [0.5, 0.6) is 0 Å². The molecule has 0 amide bonds. The van der Waals surface area contributed by atoms with Gasteiger partial charge in [-0.3, -0.25) is 0 Å². The second-order valence-electron chi connectivity index (χ2n) is 5.20. The molecule has 0 spiro atoms. The van der Waals surface area contributed by atoms with E-state index in [1.165, 1.54) is 12.8 Å². The van der Waals surface area contributed by atoms with Crippen molar-refractivity contribution >= 4 is 17.4 Å². The van der Waals surface area contributed by atoms with Crippen LogP contribution < -0.4 is 4.90 Å². The van der Waals surface area contributed by atoms with Crippen molar-refractivity contribution in [1.82, 2.24) is 9.97 Å². The Balaban J connectivity index is 1.73. The van der Waals surface area contributed by atoms with E-state index in [2.05, 4.69) is 14.9 Å². The van der Waals surface area contributed by atoms with Gasteiger partial charge in [0.15, 0.2) is 0 Å². The number of anilines is 1. The van der Waals surface area contributed by atoms with Crippen LogP contribution in [-0.2, 0) is 4.74 Å². The largest absolute Gasteiger partial charge is 0.376 e. The Morgan fingerprint density at radius 3 is 2.89 bits per heavy atom. The monoisotopic (exact) mass is 267 g/mol. The first-order valence-electron chi connectivity index (χ1n) is 6.59. The molecule has 1 saturated carbocycles. The summed E-state index contributed by atoms with van der Waals surface area (Å²) in [4.78, 5) is 11.0. The lowest BCUT2D eigenvalue weighted by molar-refractivity contribution is 0.116. The maximum atomic E-state index is 6.07. The number of likely N-dealkylation sites (N-methyl/N-ethyl adjacent to an activating group) is 1. The highest BCUT2D eigenvalue weighted by atomic mass is 35.5. The number of hydrogen-bond donors (Lipinski definition) is 0. The molecule has 18 heavy (non-hydrogen) atoms. The molecule has 0 bridgehead atoms. The fourth-order valence-electron chi connectivity index (χ4n) is 2.33. The van der Waals surface area contributed by atoms with Crippen LogP contribution in [-0.4, -0.2) is 36.3 Å². The Hall–Kier alpha value is -0.870. The molecule has 1 aliphatic carbocycles. The summed E-state index contributed by atoms with van der Waals surface area (Å²) in [5.41, 5.74) is 0. The van der Waals surface area contributed by atoms with E-state index >= 15 is 0 Å². The number of aromatic nitrogens is 2. The lowest BCUT2D eigenvalue weighted by atomic mass is 10.2. The minimum absolute atomic E-state index is 0.327. The van der Waals surface area contributed by atoms with Crippen LogP contribution in [0.1, 0.15) is 37.4 Å². The van der Waals surface area contributed by atoms with Crippen LogP contribution in [0.25, 0.3) is 0 Å². The van der Waals surface area contributed by atoms with Crippen molar-refractivity contribution in [3.05, 3.63) is 17.0 Å². The number of nitrogens with zero attached hydrogens (tertiary/aromatic N) is 3. The minimum Gasteiger partial charge on any atom is -0.376 e. The van der Waals surface area contributed by atoms with E-state index in [0.717, 1.165) is 37.6 Å². The first-order chi connectivity index (χ1) is 8.72. The molecule has 1 aromatic heterocycles. The van der Waals surface area contributed by atoms with E-state index in [9.17, 15) is 0 Å². The molecule has 0 N–H and O–H groups in total. The van der Waals surface area contributed by atoms with Gasteiger partial charge >= 0.3 is 0 Å². The lowest BCUT2D eigenvalue weighted by Crippen LogP contribution is -2.29. The summed E-state index contributed by atoms with van der Waals surface area (Å²) in [5.74, 6) is 2.34. The van der Waals surface area contributed by atoms with Crippen molar-refractivity contribution < 1.29 is 4.74 Å². The third-order valence-electron chi connectivity index (χ3n) is 3.53. The molecule has 5 heteroatoms. The highest BCUT2D eigenvalue weighted by molar-refractivity contribution is 6.29.